The van der Waals surface area contributed by atoms with Crippen LogP contribution >= 0.6 is 23.2 Å². The van der Waals surface area contributed by atoms with E-state index in [0.717, 1.165) is 11.1 Å². The molecule has 0 aliphatic carbocycles. The summed E-state index contributed by atoms with van der Waals surface area (Å²) < 4.78 is 0. The second-order valence-electron chi connectivity index (χ2n) is 7.09. The van der Waals surface area contributed by atoms with Gasteiger partial charge in [0.25, 0.3) is 0 Å². The Hall–Kier alpha value is -2.04. The summed E-state index contributed by atoms with van der Waals surface area (Å²) in [6.45, 7) is 6.01. The Morgan fingerprint density at radius 1 is 0.964 bits per heavy atom. The number of hydrogen-bond acceptors (Lipinski definition) is 2. The molecule has 0 saturated carbocycles. The summed E-state index contributed by atoms with van der Waals surface area (Å²) in [6.07, 6.45) is 0.832. The number of amides is 2. The molecule has 0 heterocycles. The topological polar surface area (TPSA) is 49.4 Å². The molecule has 1 atom stereocenters. The van der Waals surface area contributed by atoms with Crippen molar-refractivity contribution in [3.63, 3.8) is 0 Å². The van der Waals surface area contributed by atoms with Gasteiger partial charge in [0, 0.05) is 12.6 Å². The average Bonchev–Trinajstić information content (AvgIpc) is 2.65. The highest BCUT2D eigenvalue weighted by atomic mass is 35.5. The van der Waals surface area contributed by atoms with Crippen LogP contribution < -0.4 is 5.32 Å². The molecule has 0 bridgehead atoms. The zero-order chi connectivity index (χ0) is 20.7. The molecule has 0 saturated heterocycles. The molecule has 6 heteroatoms. The number of benzene rings is 2. The first-order valence-electron chi connectivity index (χ1n) is 9.35. The maximum Gasteiger partial charge on any atom is 0.242 e. The van der Waals surface area contributed by atoms with Crippen molar-refractivity contribution in [3.05, 3.63) is 69.7 Å². The van der Waals surface area contributed by atoms with Crippen molar-refractivity contribution < 1.29 is 9.59 Å². The molecule has 4 nitrogen and oxygen atoms in total. The number of hydrogen-bond donors (Lipinski definition) is 1. The molecule has 1 unspecified atom stereocenters. The molecule has 0 radical (unpaired) electrons. The minimum Gasteiger partial charge on any atom is -0.352 e. The molecule has 0 aliphatic rings. The standard InChI is InChI=1S/C22H26Cl2N2O2/c1-15(2)25-22(28)16(3)26(12-11-17-7-5-4-6-8-17)21(27)14-18-9-10-19(23)20(24)13-18/h4-10,13,15-16H,11-12,14H2,1-3H3,(H,25,28). The van der Waals surface area contributed by atoms with Gasteiger partial charge >= 0.3 is 0 Å². The Bertz CT molecular complexity index is 809. The van der Waals surface area contributed by atoms with Crippen molar-refractivity contribution in [1.29, 1.82) is 0 Å². The van der Waals surface area contributed by atoms with Gasteiger partial charge in [-0.2, -0.15) is 0 Å². The first-order chi connectivity index (χ1) is 13.3. The molecule has 2 aromatic rings. The molecule has 2 rings (SSSR count). The largest absolute Gasteiger partial charge is 0.352 e. The van der Waals surface area contributed by atoms with Gasteiger partial charge in [0.1, 0.15) is 6.04 Å². The van der Waals surface area contributed by atoms with Crippen LogP contribution in [0.3, 0.4) is 0 Å². The van der Waals surface area contributed by atoms with Crippen LogP contribution in [0.15, 0.2) is 48.5 Å². The van der Waals surface area contributed by atoms with Crippen LogP contribution in [0.2, 0.25) is 10.0 Å². The molecular weight excluding hydrogens is 395 g/mol. The van der Waals surface area contributed by atoms with Crippen molar-refractivity contribution in [2.75, 3.05) is 6.54 Å². The second kappa shape index (κ2) is 10.5. The minimum atomic E-state index is -0.568. The zero-order valence-corrected chi connectivity index (χ0v) is 17.9. The van der Waals surface area contributed by atoms with Gasteiger partial charge in [-0.25, -0.2) is 0 Å². The van der Waals surface area contributed by atoms with Crippen LogP contribution in [0.25, 0.3) is 0 Å². The normalized spacial score (nSPS) is 11.9. The number of carbonyl (C=O) groups excluding carboxylic acids is 2. The summed E-state index contributed by atoms with van der Waals surface area (Å²) >= 11 is 12.0. The van der Waals surface area contributed by atoms with Gasteiger partial charge < -0.3 is 10.2 Å². The number of rotatable bonds is 8. The fourth-order valence-corrected chi connectivity index (χ4v) is 3.22. The molecule has 28 heavy (non-hydrogen) atoms. The lowest BCUT2D eigenvalue weighted by Crippen LogP contribution is -2.50. The van der Waals surface area contributed by atoms with E-state index in [1.165, 1.54) is 0 Å². The van der Waals surface area contributed by atoms with Crippen LogP contribution in [0, 0.1) is 0 Å². The quantitative estimate of drug-likeness (QED) is 0.682. The number of carbonyl (C=O) groups is 2. The van der Waals surface area contributed by atoms with E-state index in [1.54, 1.807) is 30.0 Å². The minimum absolute atomic E-state index is 0.0103. The Morgan fingerprint density at radius 3 is 2.25 bits per heavy atom. The number of nitrogens with one attached hydrogen (secondary N) is 1. The summed E-state index contributed by atoms with van der Waals surface area (Å²) in [5.74, 6) is -0.286. The molecule has 1 N–H and O–H groups in total. The lowest BCUT2D eigenvalue weighted by molar-refractivity contribution is -0.139. The molecule has 2 amide bonds. The molecule has 0 aliphatic heterocycles. The smallest absolute Gasteiger partial charge is 0.242 e. The predicted octanol–water partition coefficient (Wildman–Crippen LogP) is 4.52. The Labute approximate surface area is 176 Å². The average molecular weight is 421 g/mol. The summed E-state index contributed by atoms with van der Waals surface area (Å²) in [5.41, 5.74) is 1.88. The van der Waals surface area contributed by atoms with Gasteiger partial charge in [0.05, 0.1) is 16.5 Å². The van der Waals surface area contributed by atoms with E-state index in [9.17, 15) is 9.59 Å². The van der Waals surface area contributed by atoms with Crippen molar-refractivity contribution in [1.82, 2.24) is 10.2 Å². The second-order valence-corrected chi connectivity index (χ2v) is 7.90. The highest BCUT2D eigenvalue weighted by Gasteiger charge is 2.26. The first-order valence-corrected chi connectivity index (χ1v) is 10.1. The molecule has 0 aromatic heterocycles. The van der Waals surface area contributed by atoms with Gasteiger partial charge in [-0.1, -0.05) is 59.6 Å². The van der Waals surface area contributed by atoms with E-state index in [1.807, 2.05) is 44.2 Å². The predicted molar refractivity (Wildman–Crippen MR) is 115 cm³/mol. The monoisotopic (exact) mass is 420 g/mol. The molecule has 0 spiro atoms. The maximum atomic E-state index is 13.0. The van der Waals surface area contributed by atoms with Gasteiger partial charge in [-0.3, -0.25) is 9.59 Å². The number of nitrogens with zero attached hydrogens (tertiary/aromatic N) is 1. The fourth-order valence-electron chi connectivity index (χ4n) is 2.90. The van der Waals surface area contributed by atoms with Crippen LogP contribution in [0.1, 0.15) is 31.9 Å². The Morgan fingerprint density at radius 2 is 1.64 bits per heavy atom. The van der Waals surface area contributed by atoms with E-state index < -0.39 is 6.04 Å². The zero-order valence-electron chi connectivity index (χ0n) is 16.4. The van der Waals surface area contributed by atoms with Gasteiger partial charge in [0.2, 0.25) is 11.8 Å². The summed E-state index contributed by atoms with van der Waals surface area (Å²) in [7, 11) is 0. The first kappa shape index (κ1) is 22.3. The third-order valence-electron chi connectivity index (χ3n) is 4.42. The van der Waals surface area contributed by atoms with Crippen molar-refractivity contribution in [2.24, 2.45) is 0 Å². The van der Waals surface area contributed by atoms with Crippen LogP contribution in [-0.4, -0.2) is 35.3 Å². The van der Waals surface area contributed by atoms with E-state index >= 15 is 0 Å². The Balaban J connectivity index is 2.16. The summed E-state index contributed by atoms with van der Waals surface area (Å²) in [6, 6.07) is 14.5. The summed E-state index contributed by atoms with van der Waals surface area (Å²) in [5, 5.41) is 3.74. The van der Waals surface area contributed by atoms with Crippen LogP contribution in [0.4, 0.5) is 0 Å². The highest BCUT2D eigenvalue weighted by Crippen LogP contribution is 2.23. The van der Waals surface area contributed by atoms with Crippen LogP contribution in [-0.2, 0) is 22.4 Å². The lowest BCUT2D eigenvalue weighted by atomic mass is 10.1. The van der Waals surface area contributed by atoms with E-state index in [-0.39, 0.29) is 24.3 Å². The molecular formula is C22H26Cl2N2O2. The maximum absolute atomic E-state index is 13.0. The van der Waals surface area contributed by atoms with E-state index in [0.29, 0.717) is 23.0 Å². The van der Waals surface area contributed by atoms with E-state index in [2.05, 4.69) is 5.32 Å². The van der Waals surface area contributed by atoms with Gasteiger partial charge in [-0.05, 0) is 50.5 Å². The Kier molecular flexibility index (Phi) is 8.34. The molecule has 150 valence electrons. The van der Waals surface area contributed by atoms with Crippen LogP contribution in [0.5, 0.6) is 0 Å². The number of halogens is 2. The third-order valence-corrected chi connectivity index (χ3v) is 5.16. The molecule has 2 aromatic carbocycles. The van der Waals surface area contributed by atoms with Gasteiger partial charge in [0.15, 0.2) is 0 Å². The lowest BCUT2D eigenvalue weighted by Gasteiger charge is -2.29. The van der Waals surface area contributed by atoms with Gasteiger partial charge in [-0.15, -0.1) is 0 Å². The highest BCUT2D eigenvalue weighted by molar-refractivity contribution is 6.42. The van der Waals surface area contributed by atoms with Crippen molar-refractivity contribution in [3.8, 4) is 0 Å². The third kappa shape index (κ3) is 6.54. The van der Waals surface area contributed by atoms with Crippen molar-refractivity contribution in [2.45, 2.75) is 45.7 Å². The van der Waals surface area contributed by atoms with E-state index in [4.69, 9.17) is 23.2 Å². The van der Waals surface area contributed by atoms with Crippen molar-refractivity contribution >= 4 is 35.0 Å². The summed E-state index contributed by atoms with van der Waals surface area (Å²) in [4.78, 5) is 27.2. The molecule has 0 fully saturated rings. The fraction of sp³-hybridized carbons (Fsp3) is 0.364. The SMILES string of the molecule is CC(C)NC(=O)C(C)N(CCc1ccccc1)C(=O)Cc1ccc(Cl)c(Cl)c1.